The van der Waals surface area contributed by atoms with E-state index < -0.39 is 5.72 Å². The van der Waals surface area contributed by atoms with Gasteiger partial charge in [0.05, 0.1) is 0 Å². The van der Waals surface area contributed by atoms with Crippen LogP contribution in [0.3, 0.4) is 0 Å². The smallest absolute Gasteiger partial charge is 0.114 e. The molecule has 3 heteroatoms. The number of nitrogens with two attached hydrogens (primary N) is 2. The first kappa shape index (κ1) is 9.88. The van der Waals surface area contributed by atoms with Crippen LogP contribution in [0.1, 0.15) is 32.6 Å². The highest BCUT2D eigenvalue weighted by atomic mass is 16.3. The van der Waals surface area contributed by atoms with Gasteiger partial charge in [-0.15, -0.1) is 0 Å². The molecule has 0 aliphatic carbocycles. The fourth-order valence-electron chi connectivity index (χ4n) is 0.858. The lowest BCUT2D eigenvalue weighted by atomic mass is 10.0. The molecule has 10 heavy (non-hydrogen) atoms. The zero-order valence-corrected chi connectivity index (χ0v) is 6.64. The van der Waals surface area contributed by atoms with Crippen molar-refractivity contribution in [3.63, 3.8) is 0 Å². The lowest BCUT2D eigenvalue weighted by molar-refractivity contribution is 0.0295. The van der Waals surface area contributed by atoms with Crippen molar-refractivity contribution >= 4 is 0 Å². The van der Waals surface area contributed by atoms with Gasteiger partial charge in [-0.1, -0.05) is 13.3 Å². The van der Waals surface area contributed by atoms with Crippen LogP contribution in [0.4, 0.5) is 0 Å². The number of hydrogen-bond acceptors (Lipinski definition) is 3. The van der Waals surface area contributed by atoms with Gasteiger partial charge in [-0.05, 0) is 19.4 Å². The molecular weight excluding hydrogens is 128 g/mol. The third-order valence-electron chi connectivity index (χ3n) is 1.54. The average molecular weight is 146 g/mol. The van der Waals surface area contributed by atoms with Crippen LogP contribution in [0.25, 0.3) is 0 Å². The van der Waals surface area contributed by atoms with Crippen molar-refractivity contribution < 1.29 is 5.11 Å². The van der Waals surface area contributed by atoms with E-state index in [0.29, 0.717) is 19.4 Å². The molecule has 0 saturated heterocycles. The molecule has 0 rings (SSSR count). The Hall–Kier alpha value is -0.120. The predicted octanol–water partition coefficient (Wildman–Crippen LogP) is 0.173. The van der Waals surface area contributed by atoms with Gasteiger partial charge in [0, 0.05) is 6.42 Å². The second kappa shape index (κ2) is 4.66. The van der Waals surface area contributed by atoms with Crippen LogP contribution in [0.2, 0.25) is 0 Å². The maximum Gasteiger partial charge on any atom is 0.114 e. The summed E-state index contributed by atoms with van der Waals surface area (Å²) in [4.78, 5) is 0. The van der Waals surface area contributed by atoms with Gasteiger partial charge < -0.3 is 16.6 Å². The lowest BCUT2D eigenvalue weighted by Gasteiger charge is -2.21. The molecule has 0 bridgehead atoms. The van der Waals surface area contributed by atoms with E-state index >= 15 is 0 Å². The van der Waals surface area contributed by atoms with Crippen LogP contribution in [0.15, 0.2) is 0 Å². The highest BCUT2D eigenvalue weighted by Crippen LogP contribution is 2.10. The fourth-order valence-corrected chi connectivity index (χ4v) is 0.858. The van der Waals surface area contributed by atoms with Gasteiger partial charge >= 0.3 is 0 Å². The first-order valence-electron chi connectivity index (χ1n) is 3.83. The highest BCUT2D eigenvalue weighted by Gasteiger charge is 2.17. The van der Waals surface area contributed by atoms with Crippen molar-refractivity contribution in [2.75, 3.05) is 6.54 Å². The van der Waals surface area contributed by atoms with Gasteiger partial charge in [0.15, 0.2) is 0 Å². The minimum atomic E-state index is -1.02. The van der Waals surface area contributed by atoms with E-state index in [1.165, 1.54) is 0 Å². The average Bonchev–Trinajstić information content (AvgIpc) is 1.84. The minimum absolute atomic E-state index is 0.455. The summed E-state index contributed by atoms with van der Waals surface area (Å²) in [6.45, 7) is 2.52. The Labute approximate surface area is 62.4 Å². The summed E-state index contributed by atoms with van der Waals surface area (Å²) in [5.41, 5.74) is 9.71. The Bertz CT molecular complexity index is 83.7. The summed E-state index contributed by atoms with van der Waals surface area (Å²) in [6, 6.07) is 0. The number of hydrogen-bond donors (Lipinski definition) is 3. The van der Waals surface area contributed by atoms with E-state index in [2.05, 4.69) is 6.92 Å². The SMILES string of the molecule is CCCCC(N)(O)CCN. The van der Waals surface area contributed by atoms with Crippen LogP contribution in [0.5, 0.6) is 0 Å². The first-order chi connectivity index (χ1) is 4.62. The van der Waals surface area contributed by atoms with Crippen LogP contribution in [-0.4, -0.2) is 17.4 Å². The Morgan fingerprint density at radius 1 is 1.40 bits per heavy atom. The molecule has 0 aromatic heterocycles. The molecule has 5 N–H and O–H groups in total. The quantitative estimate of drug-likeness (QED) is 0.484. The molecular formula is C7H18N2O. The molecule has 0 aliphatic heterocycles. The summed E-state index contributed by atoms with van der Waals surface area (Å²) < 4.78 is 0. The zero-order chi connectivity index (χ0) is 8.04. The van der Waals surface area contributed by atoms with Crippen LogP contribution in [0, 0.1) is 0 Å². The second-order valence-electron chi connectivity index (χ2n) is 2.75. The predicted molar refractivity (Wildman–Crippen MR) is 42.3 cm³/mol. The summed E-state index contributed by atoms with van der Waals surface area (Å²) >= 11 is 0. The third kappa shape index (κ3) is 4.73. The maximum atomic E-state index is 9.34. The minimum Gasteiger partial charge on any atom is -0.376 e. The molecule has 0 radical (unpaired) electrons. The summed E-state index contributed by atoms with van der Waals surface area (Å²) in [5, 5.41) is 9.34. The highest BCUT2D eigenvalue weighted by molar-refractivity contribution is 4.70. The van der Waals surface area contributed by atoms with Gasteiger partial charge in [0.2, 0.25) is 0 Å². The Kier molecular flexibility index (Phi) is 4.60. The number of unbranched alkanes of at least 4 members (excludes halogenated alkanes) is 1. The largest absolute Gasteiger partial charge is 0.376 e. The molecule has 0 fully saturated rings. The topological polar surface area (TPSA) is 72.3 Å². The van der Waals surface area contributed by atoms with Crippen molar-refractivity contribution in [1.29, 1.82) is 0 Å². The van der Waals surface area contributed by atoms with Crippen molar-refractivity contribution in [1.82, 2.24) is 0 Å². The number of aliphatic hydroxyl groups is 1. The molecule has 3 nitrogen and oxygen atoms in total. The molecule has 62 valence electrons. The Balaban J connectivity index is 3.42. The van der Waals surface area contributed by atoms with Gasteiger partial charge in [-0.25, -0.2) is 0 Å². The summed E-state index contributed by atoms with van der Waals surface area (Å²) in [7, 11) is 0. The van der Waals surface area contributed by atoms with Crippen LogP contribution < -0.4 is 11.5 Å². The van der Waals surface area contributed by atoms with Crippen LogP contribution >= 0.6 is 0 Å². The molecule has 0 aromatic carbocycles. The first-order valence-corrected chi connectivity index (χ1v) is 3.83. The Morgan fingerprint density at radius 2 is 2.00 bits per heavy atom. The molecule has 0 aromatic rings. The van der Waals surface area contributed by atoms with Crippen molar-refractivity contribution in [2.24, 2.45) is 11.5 Å². The monoisotopic (exact) mass is 146 g/mol. The maximum absolute atomic E-state index is 9.34. The molecule has 0 heterocycles. The van der Waals surface area contributed by atoms with E-state index in [1.807, 2.05) is 0 Å². The fraction of sp³-hybridized carbons (Fsp3) is 1.00. The lowest BCUT2D eigenvalue weighted by Crippen LogP contribution is -2.41. The number of rotatable bonds is 5. The zero-order valence-electron chi connectivity index (χ0n) is 6.64. The molecule has 1 atom stereocenters. The summed E-state index contributed by atoms with van der Waals surface area (Å²) in [6.07, 6.45) is 3.17. The molecule has 0 aliphatic rings. The van der Waals surface area contributed by atoms with E-state index in [9.17, 15) is 5.11 Å². The Morgan fingerprint density at radius 3 is 2.40 bits per heavy atom. The van der Waals surface area contributed by atoms with Crippen LogP contribution in [-0.2, 0) is 0 Å². The normalized spacial score (nSPS) is 16.8. The molecule has 1 unspecified atom stereocenters. The van der Waals surface area contributed by atoms with Gasteiger partial charge in [0.1, 0.15) is 5.72 Å². The van der Waals surface area contributed by atoms with E-state index in [4.69, 9.17) is 11.5 Å². The van der Waals surface area contributed by atoms with E-state index in [1.54, 1.807) is 0 Å². The van der Waals surface area contributed by atoms with Gasteiger partial charge in [-0.3, -0.25) is 0 Å². The standard InChI is InChI=1S/C7H18N2O/c1-2-3-4-7(9,10)5-6-8/h10H,2-6,8-9H2,1H3. The van der Waals surface area contributed by atoms with Crippen molar-refractivity contribution in [3.05, 3.63) is 0 Å². The second-order valence-corrected chi connectivity index (χ2v) is 2.75. The molecule has 0 spiro atoms. The van der Waals surface area contributed by atoms with E-state index in [0.717, 1.165) is 12.8 Å². The van der Waals surface area contributed by atoms with Gasteiger partial charge in [0.25, 0.3) is 0 Å². The van der Waals surface area contributed by atoms with Gasteiger partial charge in [-0.2, -0.15) is 0 Å². The van der Waals surface area contributed by atoms with E-state index in [-0.39, 0.29) is 0 Å². The molecule has 0 amide bonds. The van der Waals surface area contributed by atoms with Crippen molar-refractivity contribution in [2.45, 2.75) is 38.3 Å². The molecule has 0 saturated carbocycles. The third-order valence-corrected chi connectivity index (χ3v) is 1.54. The van der Waals surface area contributed by atoms with Crippen molar-refractivity contribution in [3.8, 4) is 0 Å². The summed E-state index contributed by atoms with van der Waals surface area (Å²) in [5.74, 6) is 0.